The molecule has 0 spiro atoms. The third kappa shape index (κ3) is 8.11. The zero-order chi connectivity index (χ0) is 11.7. The summed E-state index contributed by atoms with van der Waals surface area (Å²) in [5, 5.41) is 7.38. The van der Waals surface area contributed by atoms with Crippen LogP contribution in [0, 0.1) is 5.41 Å². The fourth-order valence-corrected chi connectivity index (χ4v) is 2.64. The lowest BCUT2D eigenvalue weighted by molar-refractivity contribution is 0.219. The fourth-order valence-electron chi connectivity index (χ4n) is 1.04. The Morgan fingerprint density at radius 3 is 2.00 bits per heavy atom. The highest BCUT2D eigenvalue weighted by atomic mass is 35.5. The van der Waals surface area contributed by atoms with Crippen LogP contribution in [0.25, 0.3) is 0 Å². The molecule has 0 fully saturated rings. The molecule has 0 aliphatic carbocycles. The number of nitrogens with one attached hydrogen (secondary N) is 1. The summed E-state index contributed by atoms with van der Waals surface area (Å²) in [6.07, 6.45) is 0.485. The quantitative estimate of drug-likeness (QED) is 0.419. The molecular weight excluding hydrogens is 253 g/mol. The van der Waals surface area contributed by atoms with Gasteiger partial charge < -0.3 is 13.8 Å². The van der Waals surface area contributed by atoms with Crippen molar-refractivity contribution in [1.82, 2.24) is 0 Å². The van der Waals surface area contributed by atoms with Gasteiger partial charge in [-0.15, -0.1) is 12.4 Å². The van der Waals surface area contributed by atoms with E-state index < -0.39 is 7.60 Å². The van der Waals surface area contributed by atoms with Crippen molar-refractivity contribution in [2.45, 2.75) is 27.2 Å². The van der Waals surface area contributed by atoms with Gasteiger partial charge in [0.2, 0.25) is 0 Å². The van der Waals surface area contributed by atoms with Gasteiger partial charge in [-0.2, -0.15) is 0 Å². The van der Waals surface area contributed by atoms with E-state index in [1.54, 1.807) is 20.8 Å². The van der Waals surface area contributed by atoms with E-state index in [1.807, 2.05) is 0 Å². The van der Waals surface area contributed by atoms with Crippen LogP contribution in [0.3, 0.4) is 0 Å². The molecular formula is C9H21ClNO4P. The van der Waals surface area contributed by atoms with E-state index in [0.29, 0.717) is 19.8 Å². The van der Waals surface area contributed by atoms with E-state index in [4.69, 9.17) is 19.2 Å². The summed E-state index contributed by atoms with van der Waals surface area (Å²) < 4.78 is 27.0. The zero-order valence-electron chi connectivity index (χ0n) is 10.0. The normalized spacial score (nSPS) is 10.7. The van der Waals surface area contributed by atoms with Gasteiger partial charge in [0.15, 0.2) is 5.90 Å². The van der Waals surface area contributed by atoms with Crippen LogP contribution < -0.4 is 0 Å². The molecule has 1 N–H and O–H groups in total. The minimum Gasteiger partial charge on any atom is -0.481 e. The largest absolute Gasteiger partial charge is 0.481 e. The maximum atomic E-state index is 11.9. The van der Waals surface area contributed by atoms with Gasteiger partial charge in [-0.25, -0.2) is 0 Å². The lowest BCUT2D eigenvalue weighted by atomic mass is 10.5. The Labute approximate surface area is 103 Å². The molecule has 0 bridgehead atoms. The second-order valence-electron chi connectivity index (χ2n) is 2.78. The van der Waals surface area contributed by atoms with Crippen LogP contribution in [0.5, 0.6) is 0 Å². The molecule has 0 saturated carbocycles. The number of ether oxygens (including phenoxy) is 1. The summed E-state index contributed by atoms with van der Waals surface area (Å²) in [6.45, 7) is 6.48. The Bertz CT molecular complexity index is 228. The second kappa shape index (κ2) is 10.1. The molecule has 0 aliphatic heterocycles. The molecule has 0 heterocycles. The van der Waals surface area contributed by atoms with Crippen molar-refractivity contribution in [2.75, 3.05) is 26.0 Å². The summed E-state index contributed by atoms with van der Waals surface area (Å²) in [7, 11) is -3.02. The number of hydrogen-bond donors (Lipinski definition) is 1. The van der Waals surface area contributed by atoms with Crippen molar-refractivity contribution >= 4 is 25.9 Å². The summed E-state index contributed by atoms with van der Waals surface area (Å²) in [5.74, 6) is 0.122. The van der Waals surface area contributed by atoms with Crippen LogP contribution in [0.4, 0.5) is 0 Å². The zero-order valence-corrected chi connectivity index (χ0v) is 11.7. The van der Waals surface area contributed by atoms with Crippen molar-refractivity contribution in [3.05, 3.63) is 0 Å². The van der Waals surface area contributed by atoms with Gasteiger partial charge in [0.05, 0.1) is 26.0 Å². The van der Waals surface area contributed by atoms with E-state index in [-0.39, 0.29) is 30.9 Å². The Hall–Kier alpha value is -0.0900. The molecule has 0 aromatic rings. The first-order valence-corrected chi connectivity index (χ1v) is 6.89. The van der Waals surface area contributed by atoms with Crippen LogP contribution in [0.1, 0.15) is 27.2 Å². The molecule has 0 rings (SSSR count). The molecule has 0 radical (unpaired) electrons. The van der Waals surface area contributed by atoms with Crippen molar-refractivity contribution < 1.29 is 18.3 Å². The molecule has 5 nitrogen and oxygen atoms in total. The Morgan fingerprint density at radius 2 is 1.62 bits per heavy atom. The third-order valence-electron chi connectivity index (χ3n) is 1.58. The van der Waals surface area contributed by atoms with Gasteiger partial charge in [0.25, 0.3) is 0 Å². The smallest absolute Gasteiger partial charge is 0.331 e. The minimum atomic E-state index is -3.02. The summed E-state index contributed by atoms with van der Waals surface area (Å²) in [6, 6.07) is 0. The van der Waals surface area contributed by atoms with E-state index in [1.165, 1.54) is 0 Å². The highest BCUT2D eigenvalue weighted by Gasteiger charge is 2.23. The maximum Gasteiger partial charge on any atom is 0.331 e. The summed E-state index contributed by atoms with van der Waals surface area (Å²) >= 11 is 0. The van der Waals surface area contributed by atoms with Crippen LogP contribution in [-0.4, -0.2) is 31.9 Å². The molecule has 0 aliphatic rings. The first kappa shape index (κ1) is 18.3. The van der Waals surface area contributed by atoms with Crippen LogP contribution in [-0.2, 0) is 18.3 Å². The highest BCUT2D eigenvalue weighted by Crippen LogP contribution is 2.48. The molecule has 0 unspecified atom stereocenters. The second-order valence-corrected chi connectivity index (χ2v) is 4.96. The fraction of sp³-hybridized carbons (Fsp3) is 0.889. The van der Waals surface area contributed by atoms with E-state index in [9.17, 15) is 4.57 Å². The topological polar surface area (TPSA) is 68.6 Å². The van der Waals surface area contributed by atoms with Gasteiger partial charge in [-0.05, 0) is 20.8 Å². The van der Waals surface area contributed by atoms with Crippen LogP contribution >= 0.6 is 20.0 Å². The predicted molar refractivity (Wildman–Crippen MR) is 66.9 cm³/mol. The van der Waals surface area contributed by atoms with Gasteiger partial charge in [0.1, 0.15) is 0 Å². The van der Waals surface area contributed by atoms with E-state index in [2.05, 4.69) is 0 Å². The van der Waals surface area contributed by atoms with Gasteiger partial charge in [0, 0.05) is 6.42 Å². The Balaban J connectivity index is 0. The Kier molecular flexibility index (Phi) is 11.5. The van der Waals surface area contributed by atoms with Crippen molar-refractivity contribution in [3.63, 3.8) is 0 Å². The standard InChI is InChI=1S/C9H20NO4P.ClH/c1-4-12-9(10)7-8-15(11,13-5-2)14-6-3;/h10H,4-8H2,1-3H3;1H. The van der Waals surface area contributed by atoms with Crippen molar-refractivity contribution in [3.8, 4) is 0 Å². The molecule has 98 valence electrons. The maximum absolute atomic E-state index is 11.9. The molecule has 0 aromatic heterocycles. The van der Waals surface area contributed by atoms with Gasteiger partial charge in [-0.1, -0.05) is 0 Å². The number of halogens is 1. The monoisotopic (exact) mass is 273 g/mol. The SMILES string of the molecule is CCOC(=N)CCP(=O)(OCC)OCC.Cl. The van der Waals surface area contributed by atoms with Crippen LogP contribution in [0.15, 0.2) is 0 Å². The number of hydrogen-bond acceptors (Lipinski definition) is 5. The van der Waals surface area contributed by atoms with E-state index in [0.717, 1.165) is 0 Å². The first-order valence-electron chi connectivity index (χ1n) is 5.16. The minimum absolute atomic E-state index is 0. The first-order chi connectivity index (χ1) is 7.08. The Morgan fingerprint density at radius 1 is 1.12 bits per heavy atom. The number of rotatable bonds is 8. The third-order valence-corrected chi connectivity index (χ3v) is 3.66. The molecule has 0 aromatic carbocycles. The predicted octanol–water partition coefficient (Wildman–Crippen LogP) is 3.08. The van der Waals surface area contributed by atoms with E-state index >= 15 is 0 Å². The molecule has 0 saturated heterocycles. The molecule has 0 atom stereocenters. The van der Waals surface area contributed by atoms with Crippen molar-refractivity contribution in [2.24, 2.45) is 0 Å². The lowest BCUT2D eigenvalue weighted by Crippen LogP contribution is -2.08. The molecule has 0 amide bonds. The average molecular weight is 274 g/mol. The summed E-state index contributed by atoms with van der Waals surface area (Å²) in [4.78, 5) is 0. The van der Waals surface area contributed by atoms with Crippen LogP contribution in [0.2, 0.25) is 0 Å². The highest BCUT2D eigenvalue weighted by molar-refractivity contribution is 7.53. The van der Waals surface area contributed by atoms with Gasteiger partial charge >= 0.3 is 7.60 Å². The molecule has 7 heteroatoms. The molecule has 16 heavy (non-hydrogen) atoms. The van der Waals surface area contributed by atoms with Crippen molar-refractivity contribution in [1.29, 1.82) is 5.41 Å². The average Bonchev–Trinajstić information content (AvgIpc) is 2.16. The summed E-state index contributed by atoms with van der Waals surface area (Å²) in [5.41, 5.74) is 0. The van der Waals surface area contributed by atoms with Gasteiger partial charge in [-0.3, -0.25) is 9.97 Å². The lowest BCUT2D eigenvalue weighted by Gasteiger charge is -2.16.